The van der Waals surface area contributed by atoms with Crippen LogP contribution < -0.4 is 4.74 Å². The lowest BCUT2D eigenvalue weighted by Crippen LogP contribution is -2.13. The highest BCUT2D eigenvalue weighted by Gasteiger charge is 2.36. The normalized spacial score (nSPS) is 23.8. The highest BCUT2D eigenvalue weighted by atomic mass is 16.5. The second-order valence-electron chi connectivity index (χ2n) is 7.43. The summed E-state index contributed by atoms with van der Waals surface area (Å²) in [6.07, 6.45) is 7.78. The van der Waals surface area contributed by atoms with Crippen molar-refractivity contribution in [3.8, 4) is 16.9 Å². The largest absolute Gasteiger partial charge is 0.496 e. The Balaban J connectivity index is 1.48. The maximum absolute atomic E-state index is 12.6. The molecule has 0 spiro atoms. The lowest BCUT2D eigenvalue weighted by atomic mass is 9.87. The number of carbonyl (C=O) groups excluding carboxylic acids is 1. The van der Waals surface area contributed by atoms with Crippen LogP contribution >= 0.6 is 0 Å². The highest BCUT2D eigenvalue weighted by Crippen LogP contribution is 2.45. The summed E-state index contributed by atoms with van der Waals surface area (Å²) in [5.41, 5.74) is 4.17. The summed E-state index contributed by atoms with van der Waals surface area (Å²) in [5, 5.41) is 0. The first-order chi connectivity index (χ1) is 12.1. The van der Waals surface area contributed by atoms with Gasteiger partial charge in [0, 0.05) is 12.0 Å². The van der Waals surface area contributed by atoms with Crippen molar-refractivity contribution in [1.29, 1.82) is 0 Å². The van der Waals surface area contributed by atoms with Gasteiger partial charge in [-0.05, 0) is 60.3 Å². The molecule has 128 valence electrons. The van der Waals surface area contributed by atoms with Gasteiger partial charge in [0.15, 0.2) is 5.78 Å². The van der Waals surface area contributed by atoms with Crippen molar-refractivity contribution in [2.45, 2.75) is 26.2 Å². The molecule has 0 aliphatic heterocycles. The number of allylic oxidation sites excluding steroid dienone is 2. The van der Waals surface area contributed by atoms with E-state index in [1.807, 2.05) is 37.3 Å². The lowest BCUT2D eigenvalue weighted by Gasteiger charge is -2.17. The number of benzene rings is 2. The van der Waals surface area contributed by atoms with E-state index < -0.39 is 0 Å². The van der Waals surface area contributed by atoms with E-state index in [9.17, 15) is 4.79 Å². The Hall–Kier alpha value is -2.35. The first-order valence-electron chi connectivity index (χ1n) is 9.10. The number of fused-ring (bicyclic) bond motifs is 2. The number of methoxy groups -OCH3 is 1. The number of ether oxygens (including phenoxy) is 1. The highest BCUT2D eigenvalue weighted by molar-refractivity contribution is 5.96. The Morgan fingerprint density at radius 1 is 1.04 bits per heavy atom. The fourth-order valence-corrected chi connectivity index (χ4v) is 4.33. The van der Waals surface area contributed by atoms with Crippen molar-refractivity contribution in [2.24, 2.45) is 17.8 Å². The van der Waals surface area contributed by atoms with Crippen LogP contribution in [0.1, 0.15) is 35.2 Å². The quantitative estimate of drug-likeness (QED) is 0.537. The van der Waals surface area contributed by atoms with Crippen LogP contribution in [0.5, 0.6) is 5.75 Å². The zero-order valence-electron chi connectivity index (χ0n) is 14.9. The molecular weight excluding hydrogens is 308 g/mol. The zero-order valence-corrected chi connectivity index (χ0v) is 14.9. The molecule has 0 heterocycles. The van der Waals surface area contributed by atoms with Crippen molar-refractivity contribution in [3.63, 3.8) is 0 Å². The Labute approximate surface area is 149 Å². The van der Waals surface area contributed by atoms with Gasteiger partial charge in [0.25, 0.3) is 0 Å². The van der Waals surface area contributed by atoms with E-state index >= 15 is 0 Å². The first kappa shape index (κ1) is 16.1. The van der Waals surface area contributed by atoms with Gasteiger partial charge in [-0.3, -0.25) is 4.79 Å². The van der Waals surface area contributed by atoms with E-state index in [-0.39, 0.29) is 5.78 Å². The fourth-order valence-electron chi connectivity index (χ4n) is 4.33. The summed E-state index contributed by atoms with van der Waals surface area (Å²) < 4.78 is 5.41. The summed E-state index contributed by atoms with van der Waals surface area (Å²) >= 11 is 0. The average Bonchev–Trinajstić information content (AvgIpc) is 3.25. The van der Waals surface area contributed by atoms with E-state index in [1.165, 1.54) is 12.8 Å². The van der Waals surface area contributed by atoms with Gasteiger partial charge in [-0.2, -0.15) is 0 Å². The lowest BCUT2D eigenvalue weighted by molar-refractivity contribution is 0.0954. The summed E-state index contributed by atoms with van der Waals surface area (Å²) in [4.78, 5) is 12.6. The van der Waals surface area contributed by atoms with Crippen LogP contribution in [0.2, 0.25) is 0 Å². The number of aryl methyl sites for hydroxylation is 1. The third-order valence-electron chi connectivity index (χ3n) is 5.81. The third-order valence-corrected chi connectivity index (χ3v) is 5.81. The number of hydrogen-bond donors (Lipinski definition) is 0. The maximum atomic E-state index is 12.6. The molecule has 2 aromatic rings. The van der Waals surface area contributed by atoms with Crippen LogP contribution in [0.25, 0.3) is 11.1 Å². The van der Waals surface area contributed by atoms with Crippen LogP contribution in [0.15, 0.2) is 54.6 Å². The van der Waals surface area contributed by atoms with E-state index in [2.05, 4.69) is 24.3 Å². The van der Waals surface area contributed by atoms with Gasteiger partial charge in [0.05, 0.1) is 7.11 Å². The predicted molar refractivity (Wildman–Crippen MR) is 101 cm³/mol. The van der Waals surface area contributed by atoms with Gasteiger partial charge < -0.3 is 4.74 Å². The second-order valence-corrected chi connectivity index (χ2v) is 7.43. The molecule has 2 nitrogen and oxygen atoms in total. The van der Waals surface area contributed by atoms with Crippen LogP contribution in [0, 0.1) is 24.7 Å². The van der Waals surface area contributed by atoms with E-state index in [0.29, 0.717) is 18.3 Å². The molecule has 0 saturated heterocycles. The minimum Gasteiger partial charge on any atom is -0.496 e. The molecule has 3 unspecified atom stereocenters. The van der Waals surface area contributed by atoms with Crippen molar-refractivity contribution in [2.75, 3.05) is 7.11 Å². The van der Waals surface area contributed by atoms with Gasteiger partial charge >= 0.3 is 0 Å². The predicted octanol–water partition coefficient (Wildman–Crippen LogP) is 5.46. The molecule has 0 amide bonds. The number of Topliss-reactive ketones (excluding diaryl/α,β-unsaturated/α-hetero) is 1. The van der Waals surface area contributed by atoms with Crippen LogP contribution in [-0.4, -0.2) is 12.9 Å². The molecule has 25 heavy (non-hydrogen) atoms. The molecule has 0 aromatic heterocycles. The van der Waals surface area contributed by atoms with E-state index in [4.69, 9.17) is 4.74 Å². The first-order valence-corrected chi connectivity index (χ1v) is 9.10. The zero-order chi connectivity index (χ0) is 17.4. The second kappa shape index (κ2) is 6.51. The SMILES string of the molecule is COc1cc(-c2ccc(C(=O)CC3CC4C=CC3C4)cc2)ccc1C. The van der Waals surface area contributed by atoms with Crippen LogP contribution in [-0.2, 0) is 0 Å². The van der Waals surface area contributed by atoms with E-state index in [0.717, 1.165) is 33.9 Å². The van der Waals surface area contributed by atoms with Crippen molar-refractivity contribution < 1.29 is 9.53 Å². The minimum absolute atomic E-state index is 0.277. The van der Waals surface area contributed by atoms with Gasteiger partial charge in [0.2, 0.25) is 0 Å². The molecule has 2 heteroatoms. The van der Waals surface area contributed by atoms with Crippen LogP contribution in [0.3, 0.4) is 0 Å². The van der Waals surface area contributed by atoms with Gasteiger partial charge in [0.1, 0.15) is 5.75 Å². The molecule has 0 radical (unpaired) electrons. The molecule has 1 saturated carbocycles. The fraction of sp³-hybridized carbons (Fsp3) is 0.348. The van der Waals surface area contributed by atoms with Gasteiger partial charge in [-0.25, -0.2) is 0 Å². The molecule has 4 rings (SSSR count). The monoisotopic (exact) mass is 332 g/mol. The van der Waals surface area contributed by atoms with Gasteiger partial charge in [-0.1, -0.05) is 48.6 Å². The molecular formula is C23H24O2. The number of hydrogen-bond acceptors (Lipinski definition) is 2. The number of carbonyl (C=O) groups is 1. The summed E-state index contributed by atoms with van der Waals surface area (Å²) in [6.45, 7) is 2.04. The minimum atomic E-state index is 0.277. The molecule has 2 aliphatic rings. The van der Waals surface area contributed by atoms with Gasteiger partial charge in [-0.15, -0.1) is 0 Å². The van der Waals surface area contributed by atoms with E-state index in [1.54, 1.807) is 7.11 Å². The Morgan fingerprint density at radius 3 is 2.44 bits per heavy atom. The van der Waals surface area contributed by atoms with Crippen LogP contribution in [0.4, 0.5) is 0 Å². The Morgan fingerprint density at radius 2 is 1.80 bits per heavy atom. The summed E-state index contributed by atoms with van der Waals surface area (Å²) in [7, 11) is 1.69. The number of rotatable bonds is 5. The molecule has 3 atom stereocenters. The standard InChI is InChI=1S/C23H24O2/c1-15-3-5-20(14-23(15)25-2)17-7-9-18(10-8-17)22(24)13-21-12-16-4-6-19(21)11-16/h3-10,14,16,19,21H,11-13H2,1-2H3. The number of ketones is 1. The summed E-state index contributed by atoms with van der Waals surface area (Å²) in [5.74, 6) is 3.07. The van der Waals surface area contributed by atoms with Crippen molar-refractivity contribution in [1.82, 2.24) is 0 Å². The molecule has 2 aromatic carbocycles. The average molecular weight is 332 g/mol. The maximum Gasteiger partial charge on any atom is 0.163 e. The van der Waals surface area contributed by atoms with Crippen molar-refractivity contribution in [3.05, 3.63) is 65.7 Å². The molecule has 0 N–H and O–H groups in total. The molecule has 2 bridgehead atoms. The Kier molecular flexibility index (Phi) is 4.20. The topological polar surface area (TPSA) is 26.3 Å². The smallest absolute Gasteiger partial charge is 0.163 e. The van der Waals surface area contributed by atoms with Crippen molar-refractivity contribution >= 4 is 5.78 Å². The molecule has 2 aliphatic carbocycles. The summed E-state index contributed by atoms with van der Waals surface area (Å²) in [6, 6.07) is 14.2. The molecule has 1 fully saturated rings. The Bertz CT molecular complexity index is 816. The third kappa shape index (κ3) is 3.13.